The fourth-order valence-electron chi connectivity index (χ4n) is 2.21. The largest absolute Gasteiger partial charge is 0.465 e. The van der Waals surface area contributed by atoms with Crippen molar-refractivity contribution in [2.45, 2.75) is 19.8 Å². The first kappa shape index (κ1) is 19.1. The maximum absolute atomic E-state index is 12.4. The van der Waals surface area contributed by atoms with E-state index in [1.54, 1.807) is 18.2 Å². The summed E-state index contributed by atoms with van der Waals surface area (Å²) in [4.78, 5) is 40.0. The van der Waals surface area contributed by atoms with Gasteiger partial charge in [-0.1, -0.05) is 19.4 Å². The van der Waals surface area contributed by atoms with Crippen molar-refractivity contribution >= 4 is 23.5 Å². The number of hydrogen-bond acceptors (Lipinski definition) is 5. The minimum atomic E-state index is -0.490. The van der Waals surface area contributed by atoms with Gasteiger partial charge in [0.2, 0.25) is 0 Å². The van der Waals surface area contributed by atoms with E-state index in [-0.39, 0.29) is 11.6 Å². The lowest BCUT2D eigenvalue weighted by atomic mass is 10.1. The molecular weight excluding hydrogens is 334 g/mol. The predicted octanol–water partition coefficient (Wildman–Crippen LogP) is 2.65. The molecule has 0 spiro atoms. The molecule has 0 aliphatic rings. The SMILES string of the molecule is CCCCNC(=O)c1cc(C(=O)Nc2cccc(C(=O)OC)c2)ccn1. The van der Waals surface area contributed by atoms with Gasteiger partial charge < -0.3 is 15.4 Å². The van der Waals surface area contributed by atoms with Crippen molar-refractivity contribution in [1.29, 1.82) is 0 Å². The van der Waals surface area contributed by atoms with Crippen LogP contribution in [0.3, 0.4) is 0 Å². The van der Waals surface area contributed by atoms with E-state index in [1.165, 1.54) is 31.5 Å². The van der Waals surface area contributed by atoms with Crippen molar-refractivity contribution in [2.75, 3.05) is 19.0 Å². The molecule has 2 N–H and O–H groups in total. The zero-order valence-corrected chi connectivity index (χ0v) is 14.7. The zero-order chi connectivity index (χ0) is 18.9. The van der Waals surface area contributed by atoms with E-state index in [1.807, 2.05) is 6.92 Å². The number of pyridine rings is 1. The first-order chi connectivity index (χ1) is 12.5. The molecule has 136 valence electrons. The van der Waals surface area contributed by atoms with Crippen LogP contribution in [0.15, 0.2) is 42.6 Å². The summed E-state index contributed by atoms with van der Waals surface area (Å²) in [5.74, 6) is -1.21. The summed E-state index contributed by atoms with van der Waals surface area (Å²) in [5, 5.41) is 5.45. The van der Waals surface area contributed by atoms with E-state index in [0.717, 1.165) is 12.8 Å². The molecule has 0 aliphatic carbocycles. The van der Waals surface area contributed by atoms with Crippen LogP contribution in [0.25, 0.3) is 0 Å². The van der Waals surface area contributed by atoms with Gasteiger partial charge in [0, 0.05) is 24.0 Å². The number of carbonyl (C=O) groups is 3. The number of methoxy groups -OCH3 is 1. The monoisotopic (exact) mass is 355 g/mol. The number of unbranched alkanes of at least 4 members (excludes halogenated alkanes) is 1. The third-order valence-electron chi connectivity index (χ3n) is 3.61. The highest BCUT2D eigenvalue weighted by atomic mass is 16.5. The first-order valence-corrected chi connectivity index (χ1v) is 8.29. The Morgan fingerprint density at radius 1 is 1.08 bits per heavy atom. The first-order valence-electron chi connectivity index (χ1n) is 8.29. The Bertz CT molecular complexity index is 805. The van der Waals surface area contributed by atoms with Crippen LogP contribution in [-0.4, -0.2) is 36.4 Å². The summed E-state index contributed by atoms with van der Waals surface area (Å²) in [6, 6.07) is 9.35. The minimum Gasteiger partial charge on any atom is -0.465 e. The molecule has 0 atom stereocenters. The number of ether oxygens (including phenoxy) is 1. The Labute approximate surface area is 151 Å². The summed E-state index contributed by atoms with van der Waals surface area (Å²) < 4.78 is 4.66. The molecule has 0 saturated heterocycles. The smallest absolute Gasteiger partial charge is 0.337 e. The summed E-state index contributed by atoms with van der Waals surface area (Å²) in [6.07, 6.45) is 3.26. The summed E-state index contributed by atoms with van der Waals surface area (Å²) in [7, 11) is 1.29. The third kappa shape index (κ3) is 5.14. The Morgan fingerprint density at radius 3 is 2.62 bits per heavy atom. The van der Waals surface area contributed by atoms with Crippen molar-refractivity contribution in [3.8, 4) is 0 Å². The molecule has 0 radical (unpaired) electrons. The number of amides is 2. The number of anilines is 1. The molecule has 2 amide bonds. The zero-order valence-electron chi connectivity index (χ0n) is 14.7. The molecule has 2 aromatic rings. The van der Waals surface area contributed by atoms with Gasteiger partial charge >= 0.3 is 5.97 Å². The molecule has 1 aromatic carbocycles. The van der Waals surface area contributed by atoms with E-state index < -0.39 is 11.9 Å². The molecule has 0 unspecified atom stereocenters. The van der Waals surface area contributed by atoms with Crippen molar-refractivity contribution in [1.82, 2.24) is 10.3 Å². The van der Waals surface area contributed by atoms with E-state index in [0.29, 0.717) is 23.4 Å². The van der Waals surface area contributed by atoms with Gasteiger partial charge in [-0.2, -0.15) is 0 Å². The van der Waals surface area contributed by atoms with Gasteiger partial charge in [0.15, 0.2) is 0 Å². The number of nitrogens with one attached hydrogen (secondary N) is 2. The fraction of sp³-hybridized carbons (Fsp3) is 0.263. The second kappa shape index (κ2) is 9.31. The van der Waals surface area contributed by atoms with Gasteiger partial charge in [0.1, 0.15) is 5.69 Å². The highest BCUT2D eigenvalue weighted by Crippen LogP contribution is 2.13. The molecule has 0 bridgehead atoms. The van der Waals surface area contributed by atoms with Gasteiger partial charge in [0.05, 0.1) is 12.7 Å². The van der Waals surface area contributed by atoms with Gasteiger partial charge in [-0.25, -0.2) is 4.79 Å². The molecular formula is C19H21N3O4. The summed E-state index contributed by atoms with van der Waals surface area (Å²) in [6.45, 7) is 2.60. The minimum absolute atomic E-state index is 0.178. The maximum atomic E-state index is 12.4. The second-order valence-corrected chi connectivity index (χ2v) is 5.57. The van der Waals surface area contributed by atoms with Crippen molar-refractivity contribution < 1.29 is 19.1 Å². The topological polar surface area (TPSA) is 97.4 Å². The molecule has 0 fully saturated rings. The van der Waals surface area contributed by atoms with E-state index in [4.69, 9.17) is 0 Å². The lowest BCUT2D eigenvalue weighted by molar-refractivity contribution is 0.0600. The Morgan fingerprint density at radius 2 is 1.88 bits per heavy atom. The quantitative estimate of drug-likeness (QED) is 0.588. The average molecular weight is 355 g/mol. The molecule has 1 aromatic heterocycles. The summed E-state index contributed by atoms with van der Waals surface area (Å²) in [5.41, 5.74) is 1.25. The van der Waals surface area contributed by atoms with Crippen molar-refractivity contribution in [3.63, 3.8) is 0 Å². The van der Waals surface area contributed by atoms with Crippen LogP contribution in [0.2, 0.25) is 0 Å². The standard InChI is InChI=1S/C19H21N3O4/c1-3-4-9-21-18(24)16-12-13(8-10-20-16)17(23)22-15-7-5-6-14(11-15)19(25)26-2/h5-8,10-12H,3-4,9H2,1-2H3,(H,21,24)(H,22,23). The maximum Gasteiger partial charge on any atom is 0.337 e. The Hall–Kier alpha value is -3.22. The number of nitrogens with zero attached hydrogens (tertiary/aromatic N) is 1. The Kier molecular flexibility index (Phi) is 6.84. The van der Waals surface area contributed by atoms with E-state index in [2.05, 4.69) is 20.4 Å². The Balaban J connectivity index is 2.09. The molecule has 0 saturated carbocycles. The van der Waals surface area contributed by atoms with E-state index in [9.17, 15) is 14.4 Å². The highest BCUT2D eigenvalue weighted by Gasteiger charge is 2.13. The van der Waals surface area contributed by atoms with Crippen LogP contribution in [0, 0.1) is 0 Å². The van der Waals surface area contributed by atoms with Crippen LogP contribution in [-0.2, 0) is 4.74 Å². The molecule has 7 heteroatoms. The third-order valence-corrected chi connectivity index (χ3v) is 3.61. The molecule has 2 rings (SSSR count). The number of hydrogen-bond donors (Lipinski definition) is 2. The number of aromatic nitrogens is 1. The van der Waals surface area contributed by atoms with Crippen LogP contribution >= 0.6 is 0 Å². The van der Waals surface area contributed by atoms with Crippen LogP contribution < -0.4 is 10.6 Å². The number of esters is 1. The lowest BCUT2D eigenvalue weighted by Gasteiger charge is -2.08. The van der Waals surface area contributed by atoms with Gasteiger partial charge in [-0.15, -0.1) is 0 Å². The van der Waals surface area contributed by atoms with Crippen LogP contribution in [0.1, 0.15) is 51.0 Å². The molecule has 1 heterocycles. The van der Waals surface area contributed by atoms with Gasteiger partial charge in [-0.3, -0.25) is 14.6 Å². The number of rotatable bonds is 7. The molecule has 26 heavy (non-hydrogen) atoms. The normalized spacial score (nSPS) is 10.1. The predicted molar refractivity (Wildman–Crippen MR) is 97.2 cm³/mol. The molecule has 7 nitrogen and oxygen atoms in total. The van der Waals surface area contributed by atoms with Gasteiger partial charge in [0.25, 0.3) is 11.8 Å². The number of carbonyl (C=O) groups excluding carboxylic acids is 3. The van der Waals surface area contributed by atoms with Crippen molar-refractivity contribution in [2.24, 2.45) is 0 Å². The molecule has 0 aliphatic heterocycles. The van der Waals surface area contributed by atoms with Crippen LogP contribution in [0.4, 0.5) is 5.69 Å². The fourth-order valence-corrected chi connectivity index (χ4v) is 2.21. The number of benzene rings is 1. The van der Waals surface area contributed by atoms with E-state index >= 15 is 0 Å². The second-order valence-electron chi connectivity index (χ2n) is 5.57. The highest BCUT2D eigenvalue weighted by molar-refractivity contribution is 6.06. The van der Waals surface area contributed by atoms with Gasteiger partial charge in [-0.05, 0) is 36.8 Å². The van der Waals surface area contributed by atoms with Crippen LogP contribution in [0.5, 0.6) is 0 Å². The summed E-state index contributed by atoms with van der Waals surface area (Å²) >= 11 is 0. The van der Waals surface area contributed by atoms with Crippen molar-refractivity contribution in [3.05, 3.63) is 59.4 Å². The lowest BCUT2D eigenvalue weighted by Crippen LogP contribution is -2.25. The average Bonchev–Trinajstić information content (AvgIpc) is 2.67.